The molecule has 6 aromatic rings. The second kappa shape index (κ2) is 9.96. The van der Waals surface area contributed by atoms with Crippen LogP contribution in [0, 0.1) is 18.8 Å². The maximum atomic E-state index is 6.82. The van der Waals surface area contributed by atoms with Gasteiger partial charge in [0.1, 0.15) is 11.2 Å². The van der Waals surface area contributed by atoms with Crippen molar-refractivity contribution in [2.75, 3.05) is 0 Å². The van der Waals surface area contributed by atoms with Crippen molar-refractivity contribution in [1.82, 2.24) is 0 Å². The molecule has 1 aromatic heterocycles. The summed E-state index contributed by atoms with van der Waals surface area (Å²) >= 11 is 8.08. The van der Waals surface area contributed by atoms with Crippen molar-refractivity contribution in [3.05, 3.63) is 145 Å². The average Bonchev–Trinajstić information content (AvgIpc) is 3.67. The number of hydrogen-bond acceptors (Lipinski definition) is 1. The van der Waals surface area contributed by atoms with Crippen molar-refractivity contribution in [2.45, 2.75) is 32.1 Å². The predicted molar refractivity (Wildman–Crippen MR) is 189 cm³/mol. The number of benzene rings is 5. The molecule has 9 rings (SSSR count). The Labute approximate surface area is 273 Å². The Bertz CT molecular complexity index is 2350. The van der Waals surface area contributed by atoms with Gasteiger partial charge in [-0.05, 0) is 92.8 Å². The summed E-state index contributed by atoms with van der Waals surface area (Å²) in [5, 5.41) is 2.27. The van der Waals surface area contributed by atoms with Gasteiger partial charge in [-0.1, -0.05) is 123 Å². The van der Waals surface area contributed by atoms with E-state index in [0.717, 1.165) is 45.7 Å². The van der Waals surface area contributed by atoms with Gasteiger partial charge in [0, 0.05) is 44.0 Å². The van der Waals surface area contributed by atoms with E-state index in [9.17, 15) is 0 Å². The summed E-state index contributed by atoms with van der Waals surface area (Å²) < 4.78 is 9.06. The molecule has 0 spiro atoms. The zero-order chi connectivity index (χ0) is 29.5. The Balaban J connectivity index is 1.43. The molecule has 3 aliphatic rings. The monoisotopic (exact) mass is 692 g/mol. The minimum Gasteiger partial charge on any atom is -0.455 e. The van der Waals surface area contributed by atoms with Gasteiger partial charge in [0.25, 0.3) is 0 Å². The van der Waals surface area contributed by atoms with Crippen LogP contribution in [0.3, 0.4) is 0 Å². The van der Waals surface area contributed by atoms with E-state index >= 15 is 0 Å². The molecule has 210 valence electrons. The molecule has 0 amide bonds. The first kappa shape index (κ1) is 26.3. The molecule has 0 fully saturated rings. The lowest BCUT2D eigenvalue weighted by atomic mass is 9.83. The number of para-hydroxylation sites is 1. The summed E-state index contributed by atoms with van der Waals surface area (Å²) in [6.45, 7) is 2.21. The number of fused-ring (bicyclic) bond motifs is 10. The van der Waals surface area contributed by atoms with Crippen LogP contribution in [0.4, 0.5) is 0 Å². The fourth-order valence-electron chi connectivity index (χ4n) is 7.74. The third kappa shape index (κ3) is 3.71. The first-order valence-electron chi connectivity index (χ1n) is 15.1. The maximum Gasteiger partial charge on any atom is 0.144 e. The highest BCUT2D eigenvalue weighted by Gasteiger charge is 2.40. The van der Waals surface area contributed by atoms with Gasteiger partial charge in [-0.25, -0.2) is 0 Å². The van der Waals surface area contributed by atoms with Gasteiger partial charge in [0.15, 0.2) is 0 Å². The van der Waals surface area contributed by atoms with Gasteiger partial charge in [-0.2, -0.15) is 0 Å². The van der Waals surface area contributed by atoms with Crippen LogP contribution in [0.5, 0.6) is 0 Å². The molecular weight excluding hydrogens is 668 g/mol. The SMILES string of the molecule is Cc1ccccc1-c1ccccc1C1c2cc(Br)c3c(c2-c2c1cc(Br)c1c2oc2ccccc21)C1=C(/C=C\CC#CC1)C3. The van der Waals surface area contributed by atoms with Gasteiger partial charge >= 0.3 is 0 Å². The number of furan rings is 1. The molecule has 3 heteroatoms. The molecule has 1 unspecified atom stereocenters. The standard InChI is InChI=1S/C41H26Br2O/c1-23-12-6-7-14-25(23)27-16-8-9-17-28(27)36-31-21-33(42)30-20-24-13-4-2-3-5-15-26(24)37(30)39(31)40-32(36)22-34(43)38-29-18-10-11-19-35(29)44-41(38)40/h4,6-14,16-19,21-22,36H,2,15,20H2,1H3/b13-4-. The summed E-state index contributed by atoms with van der Waals surface area (Å²) in [5.41, 5.74) is 17.5. The van der Waals surface area contributed by atoms with Crippen molar-refractivity contribution in [3.8, 4) is 34.1 Å². The normalized spacial score (nSPS) is 17.0. The van der Waals surface area contributed by atoms with Gasteiger partial charge in [-0.15, -0.1) is 0 Å². The van der Waals surface area contributed by atoms with Crippen LogP contribution in [-0.4, -0.2) is 0 Å². The molecule has 0 bridgehead atoms. The van der Waals surface area contributed by atoms with E-state index < -0.39 is 0 Å². The van der Waals surface area contributed by atoms with Crippen LogP contribution in [0.2, 0.25) is 0 Å². The highest BCUT2D eigenvalue weighted by molar-refractivity contribution is 9.11. The quantitative estimate of drug-likeness (QED) is 0.164. The second-order valence-electron chi connectivity index (χ2n) is 12.0. The molecule has 0 radical (unpaired) electrons. The van der Waals surface area contributed by atoms with Crippen LogP contribution < -0.4 is 0 Å². The zero-order valence-electron chi connectivity index (χ0n) is 24.1. The summed E-state index contributed by atoms with van der Waals surface area (Å²) in [5.74, 6) is 6.85. The molecule has 44 heavy (non-hydrogen) atoms. The molecule has 1 nitrogen and oxygen atoms in total. The lowest BCUT2D eigenvalue weighted by Gasteiger charge is -2.21. The summed E-state index contributed by atoms with van der Waals surface area (Å²) in [7, 11) is 0. The van der Waals surface area contributed by atoms with Crippen LogP contribution in [0.15, 0.2) is 116 Å². The summed E-state index contributed by atoms with van der Waals surface area (Å²) in [6.07, 6.45) is 7.00. The van der Waals surface area contributed by atoms with Gasteiger partial charge in [0.05, 0.1) is 0 Å². The van der Waals surface area contributed by atoms with Gasteiger partial charge in [0.2, 0.25) is 0 Å². The average molecular weight is 694 g/mol. The van der Waals surface area contributed by atoms with Gasteiger partial charge < -0.3 is 4.42 Å². The largest absolute Gasteiger partial charge is 0.455 e. The van der Waals surface area contributed by atoms with E-state index in [2.05, 4.69) is 148 Å². The van der Waals surface area contributed by atoms with Crippen molar-refractivity contribution in [2.24, 2.45) is 0 Å². The number of halogens is 2. The molecule has 0 aliphatic heterocycles. The lowest BCUT2D eigenvalue weighted by Crippen LogP contribution is -2.03. The smallest absolute Gasteiger partial charge is 0.144 e. The molecule has 3 aliphatic carbocycles. The highest BCUT2D eigenvalue weighted by Crippen LogP contribution is 2.59. The van der Waals surface area contributed by atoms with E-state index in [-0.39, 0.29) is 5.92 Å². The van der Waals surface area contributed by atoms with Gasteiger partial charge in [-0.3, -0.25) is 0 Å². The van der Waals surface area contributed by atoms with E-state index in [1.54, 1.807) is 0 Å². The van der Waals surface area contributed by atoms with E-state index in [0.29, 0.717) is 0 Å². The summed E-state index contributed by atoms with van der Waals surface area (Å²) in [4.78, 5) is 0. The number of aryl methyl sites for hydroxylation is 1. The van der Waals surface area contributed by atoms with Crippen LogP contribution in [0.1, 0.15) is 52.1 Å². The molecule has 0 saturated heterocycles. The maximum absolute atomic E-state index is 6.82. The second-order valence-corrected chi connectivity index (χ2v) is 13.7. The van der Waals surface area contributed by atoms with Crippen molar-refractivity contribution in [1.29, 1.82) is 0 Å². The van der Waals surface area contributed by atoms with Crippen LogP contribution >= 0.6 is 31.9 Å². The van der Waals surface area contributed by atoms with Crippen molar-refractivity contribution >= 4 is 59.4 Å². The van der Waals surface area contributed by atoms with Crippen LogP contribution in [-0.2, 0) is 6.42 Å². The molecule has 0 N–H and O–H groups in total. The number of rotatable bonds is 2. The molecule has 5 aromatic carbocycles. The van der Waals surface area contributed by atoms with Crippen LogP contribution in [0.25, 0.3) is 49.8 Å². The Morgan fingerprint density at radius 2 is 1.50 bits per heavy atom. The number of allylic oxidation sites excluding steroid dienone is 4. The highest BCUT2D eigenvalue weighted by atomic mass is 79.9. The van der Waals surface area contributed by atoms with E-state index in [4.69, 9.17) is 4.42 Å². The zero-order valence-corrected chi connectivity index (χ0v) is 27.3. The minimum atomic E-state index is 0.0335. The Morgan fingerprint density at radius 1 is 0.750 bits per heavy atom. The summed E-state index contributed by atoms with van der Waals surface area (Å²) in [6, 6.07) is 30.8. The Morgan fingerprint density at radius 3 is 2.39 bits per heavy atom. The Hall–Kier alpha value is -4.10. The lowest BCUT2D eigenvalue weighted by molar-refractivity contribution is 0.669. The first-order chi connectivity index (χ1) is 21.6. The molecule has 1 atom stereocenters. The third-order valence-electron chi connectivity index (χ3n) is 9.61. The third-order valence-corrected chi connectivity index (χ3v) is 10.9. The van der Waals surface area contributed by atoms with E-state index in [1.807, 2.05) is 0 Å². The minimum absolute atomic E-state index is 0.0335. The Kier molecular flexibility index (Phi) is 5.96. The van der Waals surface area contributed by atoms with E-state index in [1.165, 1.54) is 71.3 Å². The predicted octanol–water partition coefficient (Wildman–Crippen LogP) is 11.9. The fraction of sp³-hybridized carbons (Fsp3) is 0.122. The molecule has 0 saturated carbocycles. The fourth-order valence-corrected chi connectivity index (χ4v) is 8.97. The number of hydrogen-bond donors (Lipinski definition) is 0. The van der Waals surface area contributed by atoms with Crippen molar-refractivity contribution in [3.63, 3.8) is 0 Å². The van der Waals surface area contributed by atoms with Crippen molar-refractivity contribution < 1.29 is 4.42 Å². The first-order valence-corrected chi connectivity index (χ1v) is 16.7. The molecule has 1 heterocycles. The molecular formula is C41H26Br2O. The topological polar surface area (TPSA) is 13.1 Å².